The molecule has 39 heavy (non-hydrogen) atoms. The normalized spacial score (nSPS) is 18.6. The quantitative estimate of drug-likeness (QED) is 0.429. The molecule has 0 atom stereocenters. The number of oxime groups is 1. The van der Waals surface area contributed by atoms with Crippen LogP contribution in [0.4, 0.5) is 10.5 Å². The van der Waals surface area contributed by atoms with Gasteiger partial charge in [-0.2, -0.15) is 0 Å². The van der Waals surface area contributed by atoms with Gasteiger partial charge >= 0.3 is 6.09 Å². The molecule has 202 valence electrons. The van der Waals surface area contributed by atoms with Gasteiger partial charge in [-0.3, -0.25) is 4.79 Å². The summed E-state index contributed by atoms with van der Waals surface area (Å²) in [6.45, 7) is 7.59. The fraction of sp³-hybridized carbons (Fsp3) is 0.357. The highest BCUT2D eigenvalue weighted by Gasteiger charge is 2.55. The van der Waals surface area contributed by atoms with Gasteiger partial charge in [0.2, 0.25) is 0 Å². The van der Waals surface area contributed by atoms with E-state index in [2.05, 4.69) is 26.1 Å². The lowest BCUT2D eigenvalue weighted by Gasteiger charge is -2.59. The van der Waals surface area contributed by atoms with E-state index in [-0.39, 0.29) is 29.9 Å². The standard InChI is InChI=1S/C28H28BrN5O5/c1-27(2,3)39-26(37)34-14-28(15-34)12-33(13-28)21(35)11-38-32-23-17-6-4-5-7-19(17)30-24(23)22-18-10-16(29)8-9-20(18)31-25(22)36/h4-10,31,36H,11-15H2,1-3H3/b32-23+. The Labute approximate surface area is 233 Å². The van der Waals surface area contributed by atoms with Crippen molar-refractivity contribution in [2.45, 2.75) is 26.4 Å². The van der Waals surface area contributed by atoms with Crippen molar-refractivity contribution in [1.29, 1.82) is 0 Å². The van der Waals surface area contributed by atoms with Crippen molar-refractivity contribution in [3.8, 4) is 5.88 Å². The number of aromatic amines is 1. The highest BCUT2D eigenvalue weighted by molar-refractivity contribution is 9.10. The van der Waals surface area contributed by atoms with E-state index in [0.717, 1.165) is 20.9 Å². The molecule has 11 heteroatoms. The minimum atomic E-state index is -0.533. The molecule has 3 aliphatic rings. The fourth-order valence-electron chi connectivity index (χ4n) is 5.33. The van der Waals surface area contributed by atoms with Crippen LogP contribution >= 0.6 is 15.9 Å². The number of aromatic hydroxyl groups is 1. The van der Waals surface area contributed by atoms with Crippen LogP contribution in [-0.2, 0) is 14.4 Å². The Morgan fingerprint density at radius 2 is 1.85 bits per heavy atom. The minimum Gasteiger partial charge on any atom is -0.494 e. The van der Waals surface area contributed by atoms with Gasteiger partial charge in [-0.1, -0.05) is 39.3 Å². The largest absolute Gasteiger partial charge is 0.494 e. The molecule has 0 radical (unpaired) electrons. The number of halogens is 1. The summed E-state index contributed by atoms with van der Waals surface area (Å²) in [5, 5.41) is 15.9. The second kappa shape index (κ2) is 9.11. The van der Waals surface area contributed by atoms with Crippen LogP contribution in [0, 0.1) is 5.41 Å². The highest BCUT2D eigenvalue weighted by atomic mass is 79.9. The lowest BCUT2D eigenvalue weighted by molar-refractivity contribution is -0.161. The molecular formula is C28H28BrN5O5. The number of carbonyl (C=O) groups is 2. The van der Waals surface area contributed by atoms with Crippen LogP contribution in [0.5, 0.6) is 5.88 Å². The second-order valence-electron chi connectivity index (χ2n) is 11.3. The van der Waals surface area contributed by atoms with Crippen molar-refractivity contribution >= 4 is 55.9 Å². The Morgan fingerprint density at radius 1 is 1.13 bits per heavy atom. The number of carbonyl (C=O) groups excluding carboxylic acids is 2. The van der Waals surface area contributed by atoms with Gasteiger partial charge in [-0.25, -0.2) is 9.79 Å². The third-order valence-corrected chi connectivity index (χ3v) is 7.54. The van der Waals surface area contributed by atoms with Crippen LogP contribution in [0.2, 0.25) is 0 Å². The maximum Gasteiger partial charge on any atom is 0.410 e. The molecule has 6 rings (SSSR count). The average Bonchev–Trinajstić information content (AvgIpc) is 3.32. The van der Waals surface area contributed by atoms with E-state index in [0.29, 0.717) is 48.9 Å². The zero-order valence-electron chi connectivity index (χ0n) is 21.8. The van der Waals surface area contributed by atoms with Crippen LogP contribution in [-0.4, -0.2) is 81.7 Å². The van der Waals surface area contributed by atoms with E-state index in [9.17, 15) is 14.7 Å². The van der Waals surface area contributed by atoms with Crippen molar-refractivity contribution in [2.75, 3.05) is 32.8 Å². The monoisotopic (exact) mass is 593 g/mol. The molecule has 2 aromatic carbocycles. The van der Waals surface area contributed by atoms with Gasteiger partial charge in [0.25, 0.3) is 5.91 Å². The number of hydrogen-bond donors (Lipinski definition) is 2. The Kier molecular flexibility index (Phi) is 5.94. The van der Waals surface area contributed by atoms with Gasteiger partial charge < -0.3 is 29.5 Å². The second-order valence-corrected chi connectivity index (χ2v) is 12.2. The van der Waals surface area contributed by atoms with E-state index < -0.39 is 5.60 Å². The molecule has 10 nitrogen and oxygen atoms in total. The minimum absolute atomic E-state index is 0.0229. The van der Waals surface area contributed by atoms with Crippen molar-refractivity contribution in [3.63, 3.8) is 0 Å². The van der Waals surface area contributed by atoms with E-state index in [1.165, 1.54) is 0 Å². The van der Waals surface area contributed by atoms with E-state index in [1.807, 2.05) is 63.2 Å². The summed E-state index contributed by atoms with van der Waals surface area (Å²) in [6, 6.07) is 13.2. The number of para-hydroxylation sites is 1. The summed E-state index contributed by atoms with van der Waals surface area (Å²) in [5.41, 5.74) is 3.04. The summed E-state index contributed by atoms with van der Waals surface area (Å²) in [5.74, 6) is -0.199. The Bertz CT molecular complexity index is 1560. The highest BCUT2D eigenvalue weighted by Crippen LogP contribution is 2.40. The summed E-state index contributed by atoms with van der Waals surface area (Å²) in [4.78, 5) is 41.7. The number of H-pyrrole nitrogens is 1. The molecule has 3 aromatic rings. The molecule has 0 unspecified atom stereocenters. The molecule has 0 bridgehead atoms. The van der Waals surface area contributed by atoms with Crippen LogP contribution in [0.25, 0.3) is 10.9 Å². The zero-order chi connectivity index (χ0) is 27.5. The summed E-state index contributed by atoms with van der Waals surface area (Å²) >= 11 is 3.49. The first-order valence-corrected chi connectivity index (χ1v) is 13.5. The number of likely N-dealkylation sites (tertiary alicyclic amines) is 2. The maximum absolute atomic E-state index is 12.8. The number of benzene rings is 2. The number of aromatic nitrogens is 1. The molecule has 2 fully saturated rings. The molecule has 1 spiro atoms. The van der Waals surface area contributed by atoms with Gasteiger partial charge in [0.15, 0.2) is 12.5 Å². The van der Waals surface area contributed by atoms with Crippen molar-refractivity contribution in [3.05, 3.63) is 58.1 Å². The Balaban J connectivity index is 1.12. The van der Waals surface area contributed by atoms with E-state index in [1.54, 1.807) is 9.80 Å². The van der Waals surface area contributed by atoms with Gasteiger partial charge in [0, 0.05) is 52.5 Å². The first kappa shape index (κ1) is 25.4. The van der Waals surface area contributed by atoms with Gasteiger partial charge in [-0.15, -0.1) is 0 Å². The first-order valence-electron chi connectivity index (χ1n) is 12.7. The van der Waals surface area contributed by atoms with Crippen molar-refractivity contribution < 1.29 is 24.3 Å². The molecule has 4 heterocycles. The smallest absolute Gasteiger partial charge is 0.410 e. The summed E-state index contributed by atoms with van der Waals surface area (Å²) in [6.07, 6.45) is -0.319. The van der Waals surface area contributed by atoms with Crippen LogP contribution in [0.15, 0.2) is 57.1 Å². The summed E-state index contributed by atoms with van der Waals surface area (Å²) < 4.78 is 6.28. The lowest BCUT2D eigenvalue weighted by atomic mass is 9.73. The zero-order valence-corrected chi connectivity index (χ0v) is 23.4. The SMILES string of the molecule is CC(C)(C)OC(=O)N1CC2(CN(C(=O)CO/N=C3/C(c4c(O)[nH]c5ccc(Br)cc45)=Nc4ccccc43)C2)C1. The molecule has 2 amide bonds. The van der Waals surface area contributed by atoms with Crippen LogP contribution < -0.4 is 0 Å². The van der Waals surface area contributed by atoms with E-state index >= 15 is 0 Å². The first-order chi connectivity index (χ1) is 18.5. The molecule has 1 aromatic heterocycles. The molecule has 0 aliphatic carbocycles. The number of ether oxygens (including phenoxy) is 1. The molecule has 2 N–H and O–H groups in total. The molecule has 0 saturated carbocycles. The topological polar surface area (TPSA) is 120 Å². The van der Waals surface area contributed by atoms with Crippen molar-refractivity contribution in [1.82, 2.24) is 14.8 Å². The fourth-order valence-corrected chi connectivity index (χ4v) is 5.69. The van der Waals surface area contributed by atoms with Crippen LogP contribution in [0.3, 0.4) is 0 Å². The number of nitrogens with one attached hydrogen (secondary N) is 1. The average molecular weight is 594 g/mol. The Morgan fingerprint density at radius 3 is 2.59 bits per heavy atom. The molecule has 2 saturated heterocycles. The Hall–Kier alpha value is -3.86. The number of fused-ring (bicyclic) bond motifs is 2. The number of nitrogens with zero attached hydrogens (tertiary/aromatic N) is 4. The number of amides is 2. The predicted molar refractivity (Wildman–Crippen MR) is 150 cm³/mol. The predicted octanol–water partition coefficient (Wildman–Crippen LogP) is 4.57. The van der Waals surface area contributed by atoms with Gasteiger partial charge in [0.05, 0.1) is 11.3 Å². The van der Waals surface area contributed by atoms with E-state index in [4.69, 9.17) is 14.6 Å². The van der Waals surface area contributed by atoms with Gasteiger partial charge in [-0.05, 0) is 45.0 Å². The van der Waals surface area contributed by atoms with Crippen LogP contribution in [0.1, 0.15) is 31.9 Å². The number of aliphatic imine (C=N–C) groups is 1. The molecular weight excluding hydrogens is 566 g/mol. The number of hydrogen-bond acceptors (Lipinski definition) is 7. The third kappa shape index (κ3) is 4.64. The maximum atomic E-state index is 12.8. The summed E-state index contributed by atoms with van der Waals surface area (Å²) in [7, 11) is 0. The van der Waals surface area contributed by atoms with Crippen molar-refractivity contribution in [2.24, 2.45) is 15.6 Å². The molecule has 3 aliphatic heterocycles. The number of rotatable bonds is 4. The van der Waals surface area contributed by atoms with Gasteiger partial charge in [0.1, 0.15) is 17.0 Å². The lowest BCUT2D eigenvalue weighted by Crippen LogP contribution is -2.74. The third-order valence-electron chi connectivity index (χ3n) is 7.05.